The number of nitrogens with zero attached hydrogens (tertiary/aromatic N) is 2. The zero-order valence-electron chi connectivity index (χ0n) is 5.96. The molecule has 0 amide bonds. The third kappa shape index (κ3) is 1.16. The highest BCUT2D eigenvalue weighted by Crippen LogP contribution is 2.18. The van der Waals surface area contributed by atoms with Crippen LogP contribution in [0, 0.1) is 9.39 Å². The lowest BCUT2D eigenvalue weighted by Gasteiger charge is -1.98. The van der Waals surface area contributed by atoms with Gasteiger partial charge in [-0.2, -0.15) is 0 Å². The molecule has 1 aromatic carbocycles. The summed E-state index contributed by atoms with van der Waals surface area (Å²) >= 11 is 1.93. The monoisotopic (exact) mass is 274 g/mol. The number of rotatable bonds is 0. The molecule has 0 unspecified atom stereocenters. The lowest BCUT2D eigenvalue weighted by molar-refractivity contribution is 0.622. The van der Waals surface area contributed by atoms with Crippen molar-refractivity contribution in [2.24, 2.45) is 0 Å². The number of fused-ring (bicyclic) bond motifs is 1. The molecule has 0 aliphatic carbocycles. The minimum absolute atomic E-state index is 0.247. The van der Waals surface area contributed by atoms with Gasteiger partial charge in [-0.3, -0.25) is 9.97 Å². The first-order valence-corrected chi connectivity index (χ1v) is 4.41. The van der Waals surface area contributed by atoms with E-state index in [0.717, 1.165) is 5.52 Å². The van der Waals surface area contributed by atoms with E-state index in [0.29, 0.717) is 9.09 Å². The van der Waals surface area contributed by atoms with Crippen molar-refractivity contribution in [3.8, 4) is 0 Å². The van der Waals surface area contributed by atoms with Gasteiger partial charge in [-0.15, -0.1) is 0 Å². The average Bonchev–Trinajstić information content (AvgIpc) is 2.12. The summed E-state index contributed by atoms with van der Waals surface area (Å²) in [6.07, 6.45) is 3.15. The maximum absolute atomic E-state index is 13.0. The van der Waals surface area contributed by atoms with E-state index in [1.165, 1.54) is 6.07 Å². The van der Waals surface area contributed by atoms with Crippen LogP contribution < -0.4 is 0 Å². The van der Waals surface area contributed by atoms with Gasteiger partial charge in [0.1, 0.15) is 11.3 Å². The lowest BCUT2D eigenvalue weighted by Crippen LogP contribution is -1.88. The molecular weight excluding hydrogens is 270 g/mol. The molecule has 0 N–H and O–H groups in total. The van der Waals surface area contributed by atoms with Gasteiger partial charge >= 0.3 is 0 Å². The molecule has 12 heavy (non-hydrogen) atoms. The zero-order chi connectivity index (χ0) is 8.55. The normalized spacial score (nSPS) is 10.5. The van der Waals surface area contributed by atoms with E-state index in [1.54, 1.807) is 18.5 Å². The molecule has 0 atom stereocenters. The predicted molar refractivity (Wildman–Crippen MR) is 52.2 cm³/mol. The first-order chi connectivity index (χ1) is 5.79. The second-order valence-corrected chi connectivity index (χ2v) is 3.36. The van der Waals surface area contributed by atoms with Gasteiger partial charge in [0.15, 0.2) is 0 Å². The molecule has 1 aromatic heterocycles. The van der Waals surface area contributed by atoms with E-state index in [9.17, 15) is 4.39 Å². The van der Waals surface area contributed by atoms with Crippen molar-refractivity contribution in [2.45, 2.75) is 0 Å². The summed E-state index contributed by atoms with van der Waals surface area (Å²) in [4.78, 5) is 8.08. The Bertz CT molecular complexity index is 430. The van der Waals surface area contributed by atoms with E-state index in [2.05, 4.69) is 9.97 Å². The molecule has 4 heteroatoms. The number of hydrogen-bond acceptors (Lipinski definition) is 2. The molecule has 2 aromatic rings. The third-order valence-electron chi connectivity index (χ3n) is 1.53. The molecule has 0 fully saturated rings. The Balaban J connectivity index is 2.91. The molecule has 2 rings (SSSR count). The third-order valence-corrected chi connectivity index (χ3v) is 2.56. The van der Waals surface area contributed by atoms with Crippen molar-refractivity contribution < 1.29 is 4.39 Å². The van der Waals surface area contributed by atoms with Crippen molar-refractivity contribution in [3.05, 3.63) is 33.9 Å². The second-order valence-electron chi connectivity index (χ2n) is 2.29. The highest BCUT2D eigenvalue weighted by atomic mass is 127. The van der Waals surface area contributed by atoms with Crippen molar-refractivity contribution in [1.82, 2.24) is 9.97 Å². The highest BCUT2D eigenvalue weighted by molar-refractivity contribution is 14.1. The summed E-state index contributed by atoms with van der Waals surface area (Å²) in [5, 5.41) is 0. The van der Waals surface area contributed by atoms with Crippen LogP contribution in [0.15, 0.2) is 24.5 Å². The van der Waals surface area contributed by atoms with Crippen molar-refractivity contribution >= 4 is 33.6 Å². The van der Waals surface area contributed by atoms with Gasteiger partial charge in [0.05, 0.1) is 9.09 Å². The minimum atomic E-state index is -0.247. The van der Waals surface area contributed by atoms with Crippen LogP contribution in [0.3, 0.4) is 0 Å². The number of hydrogen-bond donors (Lipinski definition) is 0. The Labute approximate surface area is 82.0 Å². The van der Waals surface area contributed by atoms with Gasteiger partial charge < -0.3 is 0 Å². The molecule has 0 aliphatic rings. The molecule has 1 heterocycles. The van der Waals surface area contributed by atoms with E-state index < -0.39 is 0 Å². The van der Waals surface area contributed by atoms with E-state index in [1.807, 2.05) is 22.6 Å². The number of aromatic nitrogens is 2. The Hall–Kier alpha value is -0.780. The van der Waals surface area contributed by atoms with Crippen molar-refractivity contribution in [3.63, 3.8) is 0 Å². The van der Waals surface area contributed by atoms with Gasteiger partial charge in [-0.1, -0.05) is 0 Å². The Kier molecular flexibility index (Phi) is 1.92. The van der Waals surface area contributed by atoms with Crippen LogP contribution in [-0.2, 0) is 0 Å². The summed E-state index contributed by atoms with van der Waals surface area (Å²) in [6, 6.07) is 3.03. The number of benzene rings is 1. The summed E-state index contributed by atoms with van der Waals surface area (Å²) in [5.41, 5.74) is 1.35. The molecule has 0 saturated carbocycles. The standard InChI is InChI=1S/C8H4FIN2/c9-5-1-2-6-8(7(5)10)12-4-3-11-6/h1-4H. The minimum Gasteiger partial charge on any atom is -0.253 e. The van der Waals surface area contributed by atoms with E-state index in [4.69, 9.17) is 0 Å². The summed E-state index contributed by atoms with van der Waals surface area (Å²) in [7, 11) is 0. The fourth-order valence-electron chi connectivity index (χ4n) is 0.978. The Morgan fingerprint density at radius 2 is 1.92 bits per heavy atom. The van der Waals surface area contributed by atoms with Crippen LogP contribution in [0.1, 0.15) is 0 Å². The van der Waals surface area contributed by atoms with Gasteiger partial charge in [-0.25, -0.2) is 4.39 Å². The first kappa shape index (κ1) is 7.85. The molecule has 0 aliphatic heterocycles. The smallest absolute Gasteiger partial charge is 0.138 e. The largest absolute Gasteiger partial charge is 0.253 e. The summed E-state index contributed by atoms with van der Waals surface area (Å²) in [5.74, 6) is -0.247. The highest BCUT2D eigenvalue weighted by Gasteiger charge is 2.04. The topological polar surface area (TPSA) is 25.8 Å². The Morgan fingerprint density at radius 1 is 1.17 bits per heavy atom. The average molecular weight is 274 g/mol. The van der Waals surface area contributed by atoms with Crippen molar-refractivity contribution in [2.75, 3.05) is 0 Å². The molecule has 0 spiro atoms. The molecule has 2 nitrogen and oxygen atoms in total. The van der Waals surface area contributed by atoms with Crippen LogP contribution in [-0.4, -0.2) is 9.97 Å². The Morgan fingerprint density at radius 3 is 2.75 bits per heavy atom. The molecule has 0 radical (unpaired) electrons. The zero-order valence-corrected chi connectivity index (χ0v) is 8.12. The number of halogens is 2. The first-order valence-electron chi connectivity index (χ1n) is 3.34. The predicted octanol–water partition coefficient (Wildman–Crippen LogP) is 2.37. The van der Waals surface area contributed by atoms with Gasteiger partial charge in [0.2, 0.25) is 0 Å². The summed E-state index contributed by atoms with van der Waals surface area (Å²) in [6.45, 7) is 0. The van der Waals surface area contributed by atoms with Gasteiger partial charge in [0.25, 0.3) is 0 Å². The van der Waals surface area contributed by atoms with Crippen LogP contribution in [0.5, 0.6) is 0 Å². The maximum Gasteiger partial charge on any atom is 0.138 e. The molecular formula is C8H4FIN2. The molecule has 0 bridgehead atoms. The molecule has 0 saturated heterocycles. The van der Waals surface area contributed by atoms with E-state index in [-0.39, 0.29) is 5.82 Å². The lowest BCUT2D eigenvalue weighted by atomic mass is 10.3. The van der Waals surface area contributed by atoms with E-state index >= 15 is 0 Å². The summed E-state index contributed by atoms with van der Waals surface area (Å²) < 4.78 is 13.5. The van der Waals surface area contributed by atoms with Crippen molar-refractivity contribution in [1.29, 1.82) is 0 Å². The van der Waals surface area contributed by atoms with Gasteiger partial charge in [0, 0.05) is 12.4 Å². The van der Waals surface area contributed by atoms with Crippen LogP contribution in [0.2, 0.25) is 0 Å². The van der Waals surface area contributed by atoms with Crippen LogP contribution in [0.4, 0.5) is 4.39 Å². The second kappa shape index (κ2) is 2.93. The fourth-order valence-corrected chi connectivity index (χ4v) is 1.57. The maximum atomic E-state index is 13.0. The SMILES string of the molecule is Fc1ccc2nccnc2c1I. The fraction of sp³-hybridized carbons (Fsp3) is 0. The quantitative estimate of drug-likeness (QED) is 0.689. The van der Waals surface area contributed by atoms with Crippen LogP contribution in [0.25, 0.3) is 11.0 Å². The molecule has 60 valence electrons. The van der Waals surface area contributed by atoms with Crippen LogP contribution >= 0.6 is 22.6 Å². The van der Waals surface area contributed by atoms with Gasteiger partial charge in [-0.05, 0) is 34.7 Å².